The third-order valence-corrected chi connectivity index (χ3v) is 4.56. The van der Waals surface area contributed by atoms with Crippen molar-refractivity contribution in [1.82, 2.24) is 19.9 Å². The Morgan fingerprint density at radius 1 is 1.23 bits per heavy atom. The van der Waals surface area contributed by atoms with E-state index in [9.17, 15) is 5.11 Å². The molecule has 1 aliphatic heterocycles. The SMILES string of the molecule is COc1ccc(-c2nc3c([nH]2)CN(c2cccc([C@@H](C)O)n2)CC3)cn1. The molecule has 4 rings (SSSR count). The van der Waals surface area contributed by atoms with Crippen molar-refractivity contribution in [2.24, 2.45) is 0 Å². The Bertz CT molecular complexity index is 905. The molecule has 0 spiro atoms. The van der Waals surface area contributed by atoms with Crippen molar-refractivity contribution in [2.75, 3.05) is 18.6 Å². The fourth-order valence-electron chi connectivity index (χ4n) is 3.12. The van der Waals surface area contributed by atoms with Crippen molar-refractivity contribution in [1.29, 1.82) is 0 Å². The van der Waals surface area contributed by atoms with Gasteiger partial charge in [-0.25, -0.2) is 15.0 Å². The number of fused-ring (bicyclic) bond motifs is 1. The number of nitrogens with zero attached hydrogens (tertiary/aromatic N) is 4. The molecule has 0 aliphatic carbocycles. The van der Waals surface area contributed by atoms with E-state index in [1.165, 1.54) is 0 Å². The quantitative estimate of drug-likeness (QED) is 0.751. The van der Waals surface area contributed by atoms with E-state index in [0.717, 1.165) is 41.6 Å². The first kappa shape index (κ1) is 16.5. The van der Waals surface area contributed by atoms with Gasteiger partial charge in [0.15, 0.2) is 0 Å². The van der Waals surface area contributed by atoms with Crippen LogP contribution in [-0.2, 0) is 13.0 Å². The standard InChI is InChI=1S/C19H21N5O2/c1-12(25)14-4-3-5-17(21-14)24-9-8-15-16(11-24)23-19(22-15)13-6-7-18(26-2)20-10-13/h3-7,10,12,25H,8-9,11H2,1-2H3,(H,22,23)/t12-/m1/s1. The predicted octanol–water partition coefficient (Wildman–Crippen LogP) is 2.49. The maximum absolute atomic E-state index is 9.76. The lowest BCUT2D eigenvalue weighted by Crippen LogP contribution is -2.31. The molecule has 0 bridgehead atoms. The number of anilines is 1. The number of rotatable bonds is 4. The first-order valence-electron chi connectivity index (χ1n) is 8.62. The van der Waals surface area contributed by atoms with E-state index in [-0.39, 0.29) is 0 Å². The Morgan fingerprint density at radius 3 is 2.85 bits per heavy atom. The number of hydrogen-bond acceptors (Lipinski definition) is 6. The number of H-pyrrole nitrogens is 1. The van der Waals surface area contributed by atoms with Gasteiger partial charge in [0.1, 0.15) is 11.6 Å². The largest absolute Gasteiger partial charge is 0.481 e. The van der Waals surface area contributed by atoms with Crippen molar-refractivity contribution in [2.45, 2.75) is 26.0 Å². The number of aliphatic hydroxyl groups is 1. The lowest BCUT2D eigenvalue weighted by Gasteiger charge is -2.27. The smallest absolute Gasteiger partial charge is 0.212 e. The van der Waals surface area contributed by atoms with Gasteiger partial charge in [-0.15, -0.1) is 0 Å². The molecule has 0 fully saturated rings. The van der Waals surface area contributed by atoms with Gasteiger partial charge < -0.3 is 19.7 Å². The molecule has 1 aliphatic rings. The maximum atomic E-state index is 9.76. The summed E-state index contributed by atoms with van der Waals surface area (Å²) in [5.74, 6) is 2.27. The summed E-state index contributed by atoms with van der Waals surface area (Å²) in [6.07, 6.45) is 2.03. The van der Waals surface area contributed by atoms with Crippen molar-refractivity contribution in [3.63, 3.8) is 0 Å². The highest BCUT2D eigenvalue weighted by atomic mass is 16.5. The molecule has 4 heterocycles. The number of aromatic amines is 1. The molecule has 1 atom stereocenters. The van der Waals surface area contributed by atoms with E-state index in [1.54, 1.807) is 20.2 Å². The molecule has 0 amide bonds. The Morgan fingerprint density at radius 2 is 2.12 bits per heavy atom. The average Bonchev–Trinajstić information content (AvgIpc) is 3.11. The monoisotopic (exact) mass is 351 g/mol. The van der Waals surface area contributed by atoms with Crippen LogP contribution < -0.4 is 9.64 Å². The lowest BCUT2D eigenvalue weighted by atomic mass is 10.1. The molecule has 0 saturated carbocycles. The Kier molecular flexibility index (Phi) is 4.30. The molecule has 134 valence electrons. The van der Waals surface area contributed by atoms with Gasteiger partial charge in [-0.05, 0) is 25.1 Å². The summed E-state index contributed by atoms with van der Waals surface area (Å²) in [5, 5.41) is 9.76. The van der Waals surface area contributed by atoms with Crippen LogP contribution in [0.15, 0.2) is 36.5 Å². The van der Waals surface area contributed by atoms with Crippen LogP contribution >= 0.6 is 0 Å². The van der Waals surface area contributed by atoms with E-state index in [2.05, 4.69) is 19.9 Å². The van der Waals surface area contributed by atoms with Crippen molar-refractivity contribution >= 4 is 5.82 Å². The molecule has 0 aromatic carbocycles. The van der Waals surface area contributed by atoms with Crippen LogP contribution in [-0.4, -0.2) is 38.7 Å². The highest BCUT2D eigenvalue weighted by Crippen LogP contribution is 2.26. The number of aromatic nitrogens is 4. The molecular weight excluding hydrogens is 330 g/mol. The minimum absolute atomic E-state index is 0.573. The molecule has 2 N–H and O–H groups in total. The van der Waals surface area contributed by atoms with E-state index < -0.39 is 6.10 Å². The minimum Gasteiger partial charge on any atom is -0.481 e. The van der Waals surface area contributed by atoms with E-state index in [1.807, 2.05) is 30.3 Å². The number of nitrogens with one attached hydrogen (secondary N) is 1. The fourth-order valence-corrected chi connectivity index (χ4v) is 3.12. The highest BCUT2D eigenvalue weighted by molar-refractivity contribution is 5.56. The first-order valence-corrected chi connectivity index (χ1v) is 8.62. The lowest BCUT2D eigenvalue weighted by molar-refractivity contribution is 0.194. The second-order valence-corrected chi connectivity index (χ2v) is 6.37. The number of aliphatic hydroxyl groups excluding tert-OH is 1. The van der Waals surface area contributed by atoms with Crippen LogP contribution in [0.5, 0.6) is 5.88 Å². The Hall–Kier alpha value is -2.93. The van der Waals surface area contributed by atoms with Crippen LogP contribution in [0.25, 0.3) is 11.4 Å². The molecule has 3 aromatic heterocycles. The molecule has 7 nitrogen and oxygen atoms in total. The molecule has 0 radical (unpaired) electrons. The van der Waals surface area contributed by atoms with Gasteiger partial charge in [-0.3, -0.25) is 0 Å². The minimum atomic E-state index is -0.573. The molecule has 26 heavy (non-hydrogen) atoms. The van der Waals surface area contributed by atoms with Crippen LogP contribution in [0.1, 0.15) is 30.1 Å². The van der Waals surface area contributed by atoms with Crippen LogP contribution in [0.3, 0.4) is 0 Å². The van der Waals surface area contributed by atoms with Crippen LogP contribution in [0.2, 0.25) is 0 Å². The van der Waals surface area contributed by atoms with Gasteiger partial charge in [0, 0.05) is 30.8 Å². The first-order chi connectivity index (χ1) is 12.6. The molecule has 0 unspecified atom stereocenters. The van der Waals surface area contributed by atoms with Crippen LogP contribution in [0, 0.1) is 0 Å². The van der Waals surface area contributed by atoms with Crippen molar-refractivity contribution < 1.29 is 9.84 Å². The third kappa shape index (κ3) is 3.13. The zero-order chi connectivity index (χ0) is 18.1. The number of imidazole rings is 1. The molecular formula is C19H21N5O2. The molecule has 3 aromatic rings. The average molecular weight is 351 g/mol. The zero-order valence-electron chi connectivity index (χ0n) is 14.8. The summed E-state index contributed by atoms with van der Waals surface area (Å²) in [7, 11) is 1.60. The van der Waals surface area contributed by atoms with Gasteiger partial charge in [0.25, 0.3) is 0 Å². The number of pyridine rings is 2. The third-order valence-electron chi connectivity index (χ3n) is 4.56. The summed E-state index contributed by atoms with van der Waals surface area (Å²) in [4.78, 5) is 19.2. The second-order valence-electron chi connectivity index (χ2n) is 6.37. The second kappa shape index (κ2) is 6.76. The fraction of sp³-hybridized carbons (Fsp3) is 0.316. The Balaban J connectivity index is 1.57. The molecule has 7 heteroatoms. The zero-order valence-corrected chi connectivity index (χ0v) is 14.8. The van der Waals surface area contributed by atoms with Crippen LogP contribution in [0.4, 0.5) is 5.82 Å². The topological polar surface area (TPSA) is 87.2 Å². The normalized spacial score (nSPS) is 14.8. The number of methoxy groups -OCH3 is 1. The predicted molar refractivity (Wildman–Crippen MR) is 98.0 cm³/mol. The van der Waals surface area contributed by atoms with Crippen molar-refractivity contribution in [3.8, 4) is 17.3 Å². The van der Waals surface area contributed by atoms with Gasteiger partial charge >= 0.3 is 0 Å². The van der Waals surface area contributed by atoms with E-state index in [4.69, 9.17) is 9.72 Å². The van der Waals surface area contributed by atoms with Gasteiger partial charge in [0.05, 0.1) is 36.8 Å². The molecule has 0 saturated heterocycles. The summed E-state index contributed by atoms with van der Waals surface area (Å²) in [6.45, 7) is 3.28. The van der Waals surface area contributed by atoms with Crippen molar-refractivity contribution in [3.05, 3.63) is 53.6 Å². The van der Waals surface area contributed by atoms with Gasteiger partial charge in [0.2, 0.25) is 5.88 Å². The summed E-state index contributed by atoms with van der Waals surface area (Å²) >= 11 is 0. The van der Waals surface area contributed by atoms with Gasteiger partial charge in [-0.2, -0.15) is 0 Å². The number of hydrogen-bond donors (Lipinski definition) is 2. The summed E-state index contributed by atoms with van der Waals surface area (Å²) in [5.41, 5.74) is 3.79. The highest BCUT2D eigenvalue weighted by Gasteiger charge is 2.22. The van der Waals surface area contributed by atoms with E-state index in [0.29, 0.717) is 18.1 Å². The summed E-state index contributed by atoms with van der Waals surface area (Å²) < 4.78 is 5.10. The van der Waals surface area contributed by atoms with Gasteiger partial charge in [-0.1, -0.05) is 6.07 Å². The summed E-state index contributed by atoms with van der Waals surface area (Å²) in [6, 6.07) is 9.52. The maximum Gasteiger partial charge on any atom is 0.212 e. The van der Waals surface area contributed by atoms with E-state index >= 15 is 0 Å². The Labute approximate surface area is 151 Å². The number of ether oxygens (including phenoxy) is 1.